The Morgan fingerprint density at radius 3 is 3.00 bits per heavy atom. The van der Waals surface area contributed by atoms with Gasteiger partial charge in [-0.3, -0.25) is 0 Å². The van der Waals surface area contributed by atoms with E-state index in [0.717, 1.165) is 25.7 Å². The SMILES string of the molecule is CCOCC(C)NCC1CC=CCC1. The second kappa shape index (κ2) is 7.02. The Kier molecular flexibility index (Phi) is 5.88. The van der Waals surface area contributed by atoms with Crippen LogP contribution < -0.4 is 5.32 Å². The van der Waals surface area contributed by atoms with Crippen LogP contribution in [0.15, 0.2) is 12.2 Å². The number of nitrogens with one attached hydrogen (secondary N) is 1. The Balaban J connectivity index is 2.04. The Hall–Kier alpha value is -0.340. The molecule has 2 heteroatoms. The van der Waals surface area contributed by atoms with Crippen LogP contribution in [0.4, 0.5) is 0 Å². The van der Waals surface area contributed by atoms with Gasteiger partial charge in [-0.05, 0) is 45.6 Å². The first kappa shape index (κ1) is 11.7. The predicted molar refractivity (Wildman–Crippen MR) is 60.4 cm³/mol. The van der Waals surface area contributed by atoms with Gasteiger partial charge in [0.15, 0.2) is 0 Å². The highest BCUT2D eigenvalue weighted by atomic mass is 16.5. The highest BCUT2D eigenvalue weighted by Crippen LogP contribution is 2.16. The van der Waals surface area contributed by atoms with E-state index in [-0.39, 0.29) is 0 Å². The van der Waals surface area contributed by atoms with E-state index in [4.69, 9.17) is 4.74 Å². The van der Waals surface area contributed by atoms with Crippen molar-refractivity contribution in [2.75, 3.05) is 19.8 Å². The van der Waals surface area contributed by atoms with Gasteiger partial charge < -0.3 is 10.1 Å². The molecule has 1 N–H and O–H groups in total. The van der Waals surface area contributed by atoms with Crippen molar-refractivity contribution in [3.63, 3.8) is 0 Å². The normalized spacial score (nSPS) is 23.7. The molecular weight excluding hydrogens is 174 g/mol. The first-order valence-corrected chi connectivity index (χ1v) is 5.79. The molecular formula is C12H23NO. The zero-order valence-electron chi connectivity index (χ0n) is 9.46. The zero-order chi connectivity index (χ0) is 10.2. The summed E-state index contributed by atoms with van der Waals surface area (Å²) in [5, 5.41) is 3.53. The van der Waals surface area contributed by atoms with Crippen LogP contribution in [0.2, 0.25) is 0 Å². The minimum absolute atomic E-state index is 0.487. The molecule has 0 amide bonds. The van der Waals surface area contributed by atoms with Gasteiger partial charge in [-0.15, -0.1) is 0 Å². The van der Waals surface area contributed by atoms with Crippen molar-refractivity contribution >= 4 is 0 Å². The molecule has 82 valence electrons. The first-order valence-electron chi connectivity index (χ1n) is 5.79. The van der Waals surface area contributed by atoms with Crippen molar-refractivity contribution in [1.29, 1.82) is 0 Å². The second-order valence-corrected chi connectivity index (χ2v) is 4.12. The van der Waals surface area contributed by atoms with Crippen LogP contribution in [0.25, 0.3) is 0 Å². The van der Waals surface area contributed by atoms with Crippen LogP contribution in [0, 0.1) is 5.92 Å². The van der Waals surface area contributed by atoms with Crippen LogP contribution in [0.1, 0.15) is 33.1 Å². The maximum atomic E-state index is 5.36. The summed E-state index contributed by atoms with van der Waals surface area (Å²) in [6.07, 6.45) is 8.44. The van der Waals surface area contributed by atoms with E-state index in [1.54, 1.807) is 0 Å². The van der Waals surface area contributed by atoms with E-state index >= 15 is 0 Å². The molecule has 14 heavy (non-hydrogen) atoms. The highest BCUT2D eigenvalue weighted by Gasteiger charge is 2.10. The second-order valence-electron chi connectivity index (χ2n) is 4.12. The smallest absolute Gasteiger partial charge is 0.0616 e. The van der Waals surface area contributed by atoms with E-state index in [1.165, 1.54) is 19.3 Å². The minimum atomic E-state index is 0.487. The summed E-state index contributed by atoms with van der Waals surface area (Å²) in [7, 11) is 0. The van der Waals surface area contributed by atoms with Gasteiger partial charge >= 0.3 is 0 Å². The van der Waals surface area contributed by atoms with Crippen LogP contribution >= 0.6 is 0 Å². The Morgan fingerprint density at radius 1 is 1.50 bits per heavy atom. The fourth-order valence-electron chi connectivity index (χ4n) is 1.76. The average Bonchev–Trinajstić information content (AvgIpc) is 2.25. The molecule has 0 aromatic carbocycles. The van der Waals surface area contributed by atoms with Crippen molar-refractivity contribution < 1.29 is 4.74 Å². The van der Waals surface area contributed by atoms with Crippen molar-refractivity contribution in [3.05, 3.63) is 12.2 Å². The summed E-state index contributed by atoms with van der Waals surface area (Å²) in [5.41, 5.74) is 0. The number of ether oxygens (including phenoxy) is 1. The van der Waals surface area contributed by atoms with Gasteiger partial charge in [0, 0.05) is 12.6 Å². The topological polar surface area (TPSA) is 21.3 Å². The summed E-state index contributed by atoms with van der Waals surface area (Å²) < 4.78 is 5.36. The van der Waals surface area contributed by atoms with Gasteiger partial charge in [0.05, 0.1) is 6.61 Å². The lowest BCUT2D eigenvalue weighted by molar-refractivity contribution is 0.125. The molecule has 0 aliphatic heterocycles. The van der Waals surface area contributed by atoms with Crippen molar-refractivity contribution in [3.8, 4) is 0 Å². The first-order chi connectivity index (χ1) is 6.83. The fourth-order valence-corrected chi connectivity index (χ4v) is 1.76. The number of rotatable bonds is 6. The lowest BCUT2D eigenvalue weighted by Crippen LogP contribution is -2.34. The lowest BCUT2D eigenvalue weighted by atomic mass is 9.94. The molecule has 0 radical (unpaired) electrons. The zero-order valence-corrected chi connectivity index (χ0v) is 9.46. The Bertz CT molecular complexity index is 168. The molecule has 0 saturated carbocycles. The molecule has 2 nitrogen and oxygen atoms in total. The summed E-state index contributed by atoms with van der Waals surface area (Å²) >= 11 is 0. The van der Waals surface area contributed by atoms with Gasteiger partial charge in [0.2, 0.25) is 0 Å². The fraction of sp³-hybridized carbons (Fsp3) is 0.833. The van der Waals surface area contributed by atoms with Gasteiger partial charge in [0.25, 0.3) is 0 Å². The number of allylic oxidation sites excluding steroid dienone is 2. The van der Waals surface area contributed by atoms with Gasteiger partial charge in [-0.1, -0.05) is 12.2 Å². The van der Waals surface area contributed by atoms with Gasteiger partial charge in [0.1, 0.15) is 0 Å². The number of hydrogen-bond acceptors (Lipinski definition) is 2. The number of hydrogen-bond donors (Lipinski definition) is 1. The molecule has 1 aliphatic carbocycles. The molecule has 2 unspecified atom stereocenters. The summed E-state index contributed by atoms with van der Waals surface area (Å²) in [5.74, 6) is 0.837. The lowest BCUT2D eigenvalue weighted by Gasteiger charge is -2.21. The van der Waals surface area contributed by atoms with E-state index in [1.807, 2.05) is 6.92 Å². The van der Waals surface area contributed by atoms with E-state index in [0.29, 0.717) is 6.04 Å². The molecule has 0 saturated heterocycles. The van der Waals surface area contributed by atoms with E-state index in [2.05, 4.69) is 24.4 Å². The molecule has 0 bridgehead atoms. The Labute approximate surface area is 87.7 Å². The predicted octanol–water partition coefficient (Wildman–Crippen LogP) is 2.36. The maximum Gasteiger partial charge on any atom is 0.0616 e. The standard InChI is InChI=1S/C12H23NO/c1-3-14-10-11(2)13-9-12-7-5-4-6-8-12/h4-5,11-13H,3,6-10H2,1-2H3. The summed E-state index contributed by atoms with van der Waals surface area (Å²) in [6, 6.07) is 0.487. The van der Waals surface area contributed by atoms with Crippen LogP contribution in [0.3, 0.4) is 0 Å². The van der Waals surface area contributed by atoms with Crippen LogP contribution in [-0.2, 0) is 4.74 Å². The molecule has 0 fully saturated rings. The highest BCUT2D eigenvalue weighted by molar-refractivity contribution is 4.90. The van der Waals surface area contributed by atoms with Crippen LogP contribution in [0.5, 0.6) is 0 Å². The third-order valence-electron chi connectivity index (χ3n) is 2.70. The summed E-state index contributed by atoms with van der Waals surface area (Å²) in [6.45, 7) is 7.02. The Morgan fingerprint density at radius 2 is 2.36 bits per heavy atom. The van der Waals surface area contributed by atoms with Crippen molar-refractivity contribution in [1.82, 2.24) is 5.32 Å². The molecule has 0 spiro atoms. The molecule has 0 heterocycles. The minimum Gasteiger partial charge on any atom is -0.380 e. The van der Waals surface area contributed by atoms with Gasteiger partial charge in [-0.25, -0.2) is 0 Å². The maximum absolute atomic E-state index is 5.36. The van der Waals surface area contributed by atoms with Gasteiger partial charge in [-0.2, -0.15) is 0 Å². The third kappa shape index (κ3) is 4.77. The monoisotopic (exact) mass is 197 g/mol. The molecule has 2 atom stereocenters. The van der Waals surface area contributed by atoms with E-state index in [9.17, 15) is 0 Å². The average molecular weight is 197 g/mol. The van der Waals surface area contributed by atoms with E-state index < -0.39 is 0 Å². The van der Waals surface area contributed by atoms with Crippen molar-refractivity contribution in [2.24, 2.45) is 5.92 Å². The molecule has 0 aromatic heterocycles. The van der Waals surface area contributed by atoms with Crippen molar-refractivity contribution in [2.45, 2.75) is 39.2 Å². The molecule has 0 aromatic rings. The molecule has 1 rings (SSSR count). The van der Waals surface area contributed by atoms with Crippen LogP contribution in [-0.4, -0.2) is 25.8 Å². The largest absolute Gasteiger partial charge is 0.380 e. The third-order valence-corrected chi connectivity index (χ3v) is 2.70. The summed E-state index contributed by atoms with van der Waals surface area (Å²) in [4.78, 5) is 0. The quantitative estimate of drug-likeness (QED) is 0.660. The molecule has 1 aliphatic rings.